The fraction of sp³-hybridized carbons (Fsp3) is 0.400. The molecule has 27 heavy (non-hydrogen) atoms. The maximum absolute atomic E-state index is 12.1. The van der Waals surface area contributed by atoms with E-state index in [1.165, 1.54) is 0 Å². The second-order valence-corrected chi connectivity index (χ2v) is 6.66. The zero-order valence-corrected chi connectivity index (χ0v) is 16.1. The molecule has 1 unspecified atom stereocenters. The van der Waals surface area contributed by atoms with E-state index in [-0.39, 0.29) is 24.8 Å². The summed E-state index contributed by atoms with van der Waals surface area (Å²) in [5.74, 6) is 1.43. The second kappa shape index (κ2) is 7.94. The summed E-state index contributed by atoms with van der Waals surface area (Å²) in [5.41, 5.74) is 3.25. The van der Waals surface area contributed by atoms with E-state index in [4.69, 9.17) is 19.6 Å². The first kappa shape index (κ1) is 19.1. The van der Waals surface area contributed by atoms with Crippen molar-refractivity contribution in [2.45, 2.75) is 19.9 Å². The highest BCUT2D eigenvalue weighted by Gasteiger charge is 2.19. The molecular weight excluding hydrogens is 346 g/mol. The lowest BCUT2D eigenvalue weighted by atomic mass is 10.2. The number of aromatic nitrogens is 3. The van der Waals surface area contributed by atoms with E-state index in [0.29, 0.717) is 17.9 Å². The minimum Gasteiger partial charge on any atom is -0.491 e. The average Bonchev–Trinajstić information content (AvgIpc) is 3.03. The van der Waals surface area contributed by atoms with Crippen molar-refractivity contribution in [2.24, 2.45) is 7.05 Å². The Balaban J connectivity index is 2.20. The molecule has 1 atom stereocenters. The first-order chi connectivity index (χ1) is 13.0. The van der Waals surface area contributed by atoms with Gasteiger partial charge in [-0.25, -0.2) is 4.98 Å². The van der Waals surface area contributed by atoms with Crippen molar-refractivity contribution in [3.8, 4) is 17.1 Å². The minimum absolute atomic E-state index is 0.0222. The van der Waals surface area contributed by atoms with Crippen LogP contribution in [0.4, 0.5) is 0 Å². The molecule has 1 aromatic carbocycles. The van der Waals surface area contributed by atoms with Gasteiger partial charge in [0.05, 0.1) is 30.3 Å². The second-order valence-electron chi connectivity index (χ2n) is 6.66. The van der Waals surface area contributed by atoms with Crippen LogP contribution in [0.5, 0.6) is 5.75 Å². The summed E-state index contributed by atoms with van der Waals surface area (Å²) in [6.45, 7) is 4.60. The molecule has 3 rings (SSSR count). The summed E-state index contributed by atoms with van der Waals surface area (Å²) < 4.78 is 14.6. The maximum atomic E-state index is 12.1. The van der Waals surface area contributed by atoms with E-state index in [9.17, 15) is 4.79 Å². The van der Waals surface area contributed by atoms with Crippen LogP contribution in [-0.2, 0) is 11.8 Å². The SMILES string of the molecule is COCC(C)n1c(-c2cc(C)c(=O)n(C)c2)nc2cc(OCCO)ccc21. The normalized spacial score (nSPS) is 12.5. The van der Waals surface area contributed by atoms with Gasteiger partial charge in [0.2, 0.25) is 0 Å². The van der Waals surface area contributed by atoms with Crippen LogP contribution >= 0.6 is 0 Å². The number of fused-ring (bicyclic) bond motifs is 1. The molecule has 0 saturated heterocycles. The van der Waals surface area contributed by atoms with Crippen molar-refractivity contribution in [2.75, 3.05) is 26.9 Å². The molecular formula is C20H25N3O4. The van der Waals surface area contributed by atoms with Crippen LogP contribution in [0.25, 0.3) is 22.4 Å². The Bertz CT molecular complexity index is 980. The van der Waals surface area contributed by atoms with Gasteiger partial charge in [-0.05, 0) is 32.0 Å². The van der Waals surface area contributed by atoms with Gasteiger partial charge < -0.3 is 23.7 Å². The third kappa shape index (κ3) is 3.74. The number of pyridine rings is 1. The number of aliphatic hydroxyl groups is 1. The van der Waals surface area contributed by atoms with Gasteiger partial charge in [-0.2, -0.15) is 0 Å². The molecule has 0 aliphatic rings. The van der Waals surface area contributed by atoms with E-state index >= 15 is 0 Å². The molecule has 0 aliphatic heterocycles. The first-order valence-electron chi connectivity index (χ1n) is 8.88. The van der Waals surface area contributed by atoms with Crippen molar-refractivity contribution in [1.29, 1.82) is 0 Å². The molecule has 0 radical (unpaired) electrons. The Morgan fingerprint density at radius 3 is 2.74 bits per heavy atom. The van der Waals surface area contributed by atoms with Gasteiger partial charge in [0, 0.05) is 37.5 Å². The number of nitrogens with zero attached hydrogens (tertiary/aromatic N) is 3. The van der Waals surface area contributed by atoms with Crippen molar-refractivity contribution in [3.63, 3.8) is 0 Å². The molecule has 0 saturated carbocycles. The number of methoxy groups -OCH3 is 1. The maximum Gasteiger partial charge on any atom is 0.253 e. The molecule has 144 valence electrons. The molecule has 0 fully saturated rings. The highest BCUT2D eigenvalue weighted by Crippen LogP contribution is 2.30. The fourth-order valence-electron chi connectivity index (χ4n) is 3.30. The van der Waals surface area contributed by atoms with Gasteiger partial charge in [0.1, 0.15) is 18.2 Å². The molecule has 0 aliphatic carbocycles. The third-order valence-corrected chi connectivity index (χ3v) is 4.49. The van der Waals surface area contributed by atoms with Crippen molar-refractivity contribution in [3.05, 3.63) is 46.4 Å². The summed E-state index contributed by atoms with van der Waals surface area (Å²) in [7, 11) is 3.41. The number of aryl methyl sites for hydroxylation is 2. The highest BCUT2D eigenvalue weighted by molar-refractivity contribution is 5.82. The van der Waals surface area contributed by atoms with Crippen LogP contribution in [0.15, 0.2) is 35.3 Å². The Kier molecular flexibility index (Phi) is 5.62. The Labute approximate surface area is 157 Å². The van der Waals surface area contributed by atoms with Crippen LogP contribution < -0.4 is 10.3 Å². The molecule has 3 aromatic rings. The smallest absolute Gasteiger partial charge is 0.253 e. The zero-order valence-electron chi connectivity index (χ0n) is 16.1. The van der Waals surface area contributed by atoms with E-state index in [0.717, 1.165) is 22.4 Å². The Morgan fingerprint density at radius 2 is 2.07 bits per heavy atom. The Morgan fingerprint density at radius 1 is 1.30 bits per heavy atom. The summed E-state index contributed by atoms with van der Waals surface area (Å²) in [5, 5.41) is 8.96. The van der Waals surface area contributed by atoms with E-state index in [1.807, 2.05) is 24.3 Å². The number of hydrogen-bond donors (Lipinski definition) is 1. The summed E-state index contributed by atoms with van der Waals surface area (Å²) in [6, 6.07) is 7.60. The van der Waals surface area contributed by atoms with Gasteiger partial charge in [-0.1, -0.05) is 0 Å². The molecule has 2 aromatic heterocycles. The average molecular weight is 371 g/mol. The summed E-state index contributed by atoms with van der Waals surface area (Å²) in [4.78, 5) is 16.9. The number of imidazole rings is 1. The van der Waals surface area contributed by atoms with Gasteiger partial charge in [0.25, 0.3) is 5.56 Å². The standard InChI is InChI=1S/C20H25N3O4/c1-13-9-15(11-22(3)20(13)25)19-21-17-10-16(27-8-7-24)5-6-18(17)23(19)14(2)12-26-4/h5-6,9-11,14,24H,7-8,12H2,1-4H3. The summed E-state index contributed by atoms with van der Waals surface area (Å²) in [6.07, 6.45) is 1.80. The lowest BCUT2D eigenvalue weighted by molar-refractivity contribution is 0.164. The summed E-state index contributed by atoms with van der Waals surface area (Å²) >= 11 is 0. The monoisotopic (exact) mass is 371 g/mol. The van der Waals surface area contributed by atoms with E-state index < -0.39 is 0 Å². The van der Waals surface area contributed by atoms with Gasteiger partial charge in [0.15, 0.2) is 0 Å². The van der Waals surface area contributed by atoms with Gasteiger partial charge in [-0.15, -0.1) is 0 Å². The van der Waals surface area contributed by atoms with Crippen LogP contribution in [0.2, 0.25) is 0 Å². The predicted molar refractivity (Wildman–Crippen MR) is 104 cm³/mol. The molecule has 7 heteroatoms. The van der Waals surface area contributed by atoms with Crippen molar-refractivity contribution in [1.82, 2.24) is 14.1 Å². The lowest BCUT2D eigenvalue weighted by Gasteiger charge is -2.17. The number of aliphatic hydroxyl groups excluding tert-OH is 1. The number of benzene rings is 1. The topological polar surface area (TPSA) is 78.5 Å². The zero-order chi connectivity index (χ0) is 19.6. The van der Waals surface area contributed by atoms with Gasteiger partial charge in [-0.3, -0.25) is 4.79 Å². The van der Waals surface area contributed by atoms with Crippen LogP contribution in [0.3, 0.4) is 0 Å². The molecule has 7 nitrogen and oxygen atoms in total. The van der Waals surface area contributed by atoms with Gasteiger partial charge >= 0.3 is 0 Å². The predicted octanol–water partition coefficient (Wildman–Crippen LogP) is 2.29. The number of hydrogen-bond acceptors (Lipinski definition) is 5. The first-order valence-corrected chi connectivity index (χ1v) is 8.88. The molecule has 0 amide bonds. The minimum atomic E-state index is -0.0417. The third-order valence-electron chi connectivity index (χ3n) is 4.49. The lowest BCUT2D eigenvalue weighted by Crippen LogP contribution is -2.19. The largest absolute Gasteiger partial charge is 0.491 e. The number of rotatable bonds is 7. The van der Waals surface area contributed by atoms with Crippen molar-refractivity contribution < 1.29 is 14.6 Å². The highest BCUT2D eigenvalue weighted by atomic mass is 16.5. The van der Waals surface area contributed by atoms with Crippen LogP contribution in [0, 0.1) is 6.92 Å². The quantitative estimate of drug-likeness (QED) is 0.689. The molecule has 2 heterocycles. The molecule has 0 bridgehead atoms. The molecule has 0 spiro atoms. The van der Waals surface area contributed by atoms with E-state index in [1.54, 1.807) is 31.8 Å². The van der Waals surface area contributed by atoms with Crippen LogP contribution in [-0.4, -0.2) is 46.2 Å². The Hall–Kier alpha value is -2.64. The number of ether oxygens (including phenoxy) is 2. The molecule has 1 N–H and O–H groups in total. The fourth-order valence-corrected chi connectivity index (χ4v) is 3.30. The van der Waals surface area contributed by atoms with Crippen LogP contribution in [0.1, 0.15) is 18.5 Å². The van der Waals surface area contributed by atoms with Crippen molar-refractivity contribution >= 4 is 11.0 Å². The van der Waals surface area contributed by atoms with E-state index in [2.05, 4.69) is 11.5 Å².